The van der Waals surface area contributed by atoms with Gasteiger partial charge in [0.15, 0.2) is 0 Å². The second-order valence-corrected chi connectivity index (χ2v) is 8.67. The van der Waals surface area contributed by atoms with Gasteiger partial charge in [0.1, 0.15) is 0 Å². The number of rotatable bonds is 12. The van der Waals surface area contributed by atoms with E-state index in [-0.39, 0.29) is 12.0 Å². The second-order valence-electron chi connectivity index (χ2n) is 8.67. The minimum Gasteiger partial charge on any atom is -0.393 e. The van der Waals surface area contributed by atoms with Crippen LogP contribution in [0.5, 0.6) is 0 Å². The van der Waals surface area contributed by atoms with Gasteiger partial charge in [0, 0.05) is 6.61 Å². The molecule has 5 unspecified atom stereocenters. The molecule has 0 bridgehead atoms. The molecule has 0 radical (unpaired) electrons. The van der Waals surface area contributed by atoms with E-state index in [0.717, 1.165) is 32.3 Å². The molecule has 6 atom stereocenters. The zero-order valence-corrected chi connectivity index (χ0v) is 17.4. The molecule has 0 aliphatic carbocycles. The molecular weight excluding hydrogens is 328 g/mol. The Bertz CT molecular complexity index is 388. The first-order valence-electron chi connectivity index (χ1n) is 10.6. The van der Waals surface area contributed by atoms with Crippen LogP contribution < -0.4 is 0 Å². The third-order valence-corrected chi connectivity index (χ3v) is 5.74. The second kappa shape index (κ2) is 12.1. The van der Waals surface area contributed by atoms with Gasteiger partial charge in [-0.2, -0.15) is 0 Å². The van der Waals surface area contributed by atoms with Crippen molar-refractivity contribution in [2.45, 2.75) is 109 Å². The smallest absolute Gasteiger partial charge is 0.0881 e. The summed E-state index contributed by atoms with van der Waals surface area (Å²) < 4.78 is 5.68. The number of aliphatic hydroxyl groups is 3. The van der Waals surface area contributed by atoms with Crippen molar-refractivity contribution < 1.29 is 20.1 Å². The van der Waals surface area contributed by atoms with E-state index in [1.165, 1.54) is 12.8 Å². The summed E-state index contributed by atoms with van der Waals surface area (Å²) in [5.41, 5.74) is -0.880. The SMILES string of the molecule is CCCC(C)CC(C)C(O)/C=C\CC(O)CC[C@](C)(O)C1CCCCO1. The Morgan fingerprint density at radius 1 is 1.19 bits per heavy atom. The molecule has 3 N–H and O–H groups in total. The minimum absolute atomic E-state index is 0.119. The van der Waals surface area contributed by atoms with Crippen molar-refractivity contribution in [1.82, 2.24) is 0 Å². The van der Waals surface area contributed by atoms with Gasteiger partial charge in [-0.05, 0) is 63.7 Å². The Morgan fingerprint density at radius 2 is 1.92 bits per heavy atom. The largest absolute Gasteiger partial charge is 0.393 e. The van der Waals surface area contributed by atoms with Crippen LogP contribution >= 0.6 is 0 Å². The molecular formula is C22H42O4. The Balaban J connectivity index is 2.29. The Kier molecular flexibility index (Phi) is 11.0. The molecule has 0 amide bonds. The predicted molar refractivity (Wildman–Crippen MR) is 107 cm³/mol. The Morgan fingerprint density at radius 3 is 2.54 bits per heavy atom. The molecule has 0 aromatic rings. The summed E-state index contributed by atoms with van der Waals surface area (Å²) in [6.07, 6.45) is 10.7. The third kappa shape index (κ3) is 8.98. The van der Waals surface area contributed by atoms with E-state index in [1.54, 1.807) is 0 Å². The van der Waals surface area contributed by atoms with Crippen LogP contribution in [-0.4, -0.2) is 45.8 Å². The lowest BCUT2D eigenvalue weighted by Crippen LogP contribution is -2.43. The molecule has 1 heterocycles. The van der Waals surface area contributed by atoms with Crippen LogP contribution in [0.1, 0.15) is 85.5 Å². The summed E-state index contributed by atoms with van der Waals surface area (Å²) in [6, 6.07) is 0. The van der Waals surface area contributed by atoms with Gasteiger partial charge >= 0.3 is 0 Å². The van der Waals surface area contributed by atoms with Crippen molar-refractivity contribution in [2.75, 3.05) is 6.61 Å². The van der Waals surface area contributed by atoms with E-state index in [9.17, 15) is 15.3 Å². The Labute approximate surface area is 160 Å². The first kappa shape index (κ1) is 23.6. The van der Waals surface area contributed by atoms with Crippen molar-refractivity contribution in [2.24, 2.45) is 11.8 Å². The van der Waals surface area contributed by atoms with Crippen molar-refractivity contribution in [3.63, 3.8) is 0 Å². The zero-order chi connectivity index (χ0) is 19.6. The summed E-state index contributed by atoms with van der Waals surface area (Å²) in [5, 5.41) is 31.1. The molecule has 1 fully saturated rings. The van der Waals surface area contributed by atoms with Crippen LogP contribution in [0, 0.1) is 11.8 Å². The molecule has 1 aliphatic heterocycles. The fraction of sp³-hybridized carbons (Fsp3) is 0.909. The van der Waals surface area contributed by atoms with E-state index in [1.807, 2.05) is 19.1 Å². The van der Waals surface area contributed by atoms with Gasteiger partial charge in [0.05, 0.1) is 23.9 Å². The van der Waals surface area contributed by atoms with Crippen molar-refractivity contribution in [3.05, 3.63) is 12.2 Å². The number of aliphatic hydroxyl groups excluding tert-OH is 2. The van der Waals surface area contributed by atoms with Crippen LogP contribution in [0.15, 0.2) is 12.2 Å². The van der Waals surface area contributed by atoms with Gasteiger partial charge < -0.3 is 20.1 Å². The third-order valence-electron chi connectivity index (χ3n) is 5.74. The highest BCUT2D eigenvalue weighted by molar-refractivity contribution is 4.93. The summed E-state index contributed by atoms with van der Waals surface area (Å²) >= 11 is 0. The molecule has 26 heavy (non-hydrogen) atoms. The normalized spacial score (nSPS) is 25.6. The molecule has 1 aliphatic rings. The van der Waals surface area contributed by atoms with Gasteiger partial charge in [-0.15, -0.1) is 0 Å². The van der Waals surface area contributed by atoms with E-state index in [2.05, 4.69) is 20.8 Å². The first-order chi connectivity index (χ1) is 12.3. The average Bonchev–Trinajstić information content (AvgIpc) is 2.61. The summed E-state index contributed by atoms with van der Waals surface area (Å²) in [4.78, 5) is 0. The highest BCUT2D eigenvalue weighted by Crippen LogP contribution is 2.28. The van der Waals surface area contributed by atoms with Crippen LogP contribution in [-0.2, 0) is 4.74 Å². The number of hydrogen-bond acceptors (Lipinski definition) is 4. The average molecular weight is 371 g/mol. The molecule has 0 aromatic heterocycles. The lowest BCUT2D eigenvalue weighted by molar-refractivity contribution is -0.124. The molecule has 1 saturated heterocycles. The fourth-order valence-corrected chi connectivity index (χ4v) is 3.92. The summed E-state index contributed by atoms with van der Waals surface area (Å²) in [7, 11) is 0. The van der Waals surface area contributed by atoms with E-state index >= 15 is 0 Å². The summed E-state index contributed by atoms with van der Waals surface area (Å²) in [6.45, 7) is 9.05. The topological polar surface area (TPSA) is 69.9 Å². The number of ether oxygens (including phenoxy) is 1. The lowest BCUT2D eigenvalue weighted by Gasteiger charge is -2.36. The summed E-state index contributed by atoms with van der Waals surface area (Å²) in [5.74, 6) is 0.863. The van der Waals surface area contributed by atoms with Gasteiger partial charge in [-0.3, -0.25) is 0 Å². The lowest BCUT2D eigenvalue weighted by atomic mass is 9.87. The highest BCUT2D eigenvalue weighted by atomic mass is 16.5. The maximum Gasteiger partial charge on any atom is 0.0881 e. The predicted octanol–water partition coefficient (Wildman–Crippen LogP) is 4.22. The van der Waals surface area contributed by atoms with Gasteiger partial charge in [-0.1, -0.05) is 45.8 Å². The molecule has 1 rings (SSSR count). The van der Waals surface area contributed by atoms with Crippen molar-refractivity contribution in [3.8, 4) is 0 Å². The molecule has 0 saturated carbocycles. The van der Waals surface area contributed by atoms with Gasteiger partial charge in [0.25, 0.3) is 0 Å². The van der Waals surface area contributed by atoms with Gasteiger partial charge in [-0.25, -0.2) is 0 Å². The quantitative estimate of drug-likeness (QED) is 0.450. The van der Waals surface area contributed by atoms with E-state index in [0.29, 0.717) is 25.2 Å². The molecule has 0 spiro atoms. The van der Waals surface area contributed by atoms with Crippen molar-refractivity contribution in [1.29, 1.82) is 0 Å². The highest BCUT2D eigenvalue weighted by Gasteiger charge is 2.34. The zero-order valence-electron chi connectivity index (χ0n) is 17.4. The maximum absolute atomic E-state index is 10.6. The van der Waals surface area contributed by atoms with Crippen LogP contribution in [0.3, 0.4) is 0 Å². The monoisotopic (exact) mass is 370 g/mol. The number of hydrogen-bond donors (Lipinski definition) is 3. The fourth-order valence-electron chi connectivity index (χ4n) is 3.92. The van der Waals surface area contributed by atoms with Crippen LogP contribution in [0.25, 0.3) is 0 Å². The molecule has 4 nitrogen and oxygen atoms in total. The van der Waals surface area contributed by atoms with Crippen LogP contribution in [0.2, 0.25) is 0 Å². The molecule has 0 aromatic carbocycles. The first-order valence-corrected chi connectivity index (χ1v) is 10.6. The van der Waals surface area contributed by atoms with Crippen LogP contribution in [0.4, 0.5) is 0 Å². The van der Waals surface area contributed by atoms with Gasteiger partial charge in [0.2, 0.25) is 0 Å². The maximum atomic E-state index is 10.6. The minimum atomic E-state index is -0.880. The standard InChI is InChI=1S/C22H42O4/c1-5-9-17(2)16-18(3)20(24)11-8-10-19(23)13-14-22(4,25)21-12-6-7-15-26-21/h8,11,17-21,23-25H,5-7,9-10,12-16H2,1-4H3/b11-8-/t17?,18?,19?,20?,21?,22-/m0/s1. The molecule has 4 heteroatoms. The van der Waals surface area contributed by atoms with Crippen molar-refractivity contribution >= 4 is 0 Å². The Hall–Kier alpha value is -0.420. The van der Waals surface area contributed by atoms with E-state index < -0.39 is 17.8 Å². The van der Waals surface area contributed by atoms with E-state index in [4.69, 9.17) is 4.74 Å². The molecule has 154 valence electrons.